The predicted octanol–water partition coefficient (Wildman–Crippen LogP) is 4.16. The van der Waals surface area contributed by atoms with Crippen molar-refractivity contribution in [3.8, 4) is 0 Å². The molecular weight excluding hydrogens is 258 g/mol. The molecule has 2 heteroatoms. The van der Waals surface area contributed by atoms with Crippen LogP contribution >= 0.6 is 0 Å². The highest BCUT2D eigenvalue weighted by atomic mass is 16.2. The summed E-state index contributed by atoms with van der Waals surface area (Å²) in [5, 5.41) is 0. The number of fused-ring (bicyclic) bond motifs is 1. The third-order valence-electron chi connectivity index (χ3n) is 4.35. The number of rotatable bonds is 3. The van der Waals surface area contributed by atoms with Crippen LogP contribution in [0.3, 0.4) is 0 Å². The van der Waals surface area contributed by atoms with E-state index in [1.807, 2.05) is 35.2 Å². The summed E-state index contributed by atoms with van der Waals surface area (Å²) in [5.41, 5.74) is 3.48. The molecule has 2 aromatic rings. The Morgan fingerprint density at radius 1 is 1.14 bits per heavy atom. The van der Waals surface area contributed by atoms with Gasteiger partial charge in [-0.3, -0.25) is 4.79 Å². The third kappa shape index (κ3) is 2.46. The van der Waals surface area contributed by atoms with Crippen LogP contribution in [0.4, 0.5) is 5.69 Å². The van der Waals surface area contributed by atoms with E-state index in [4.69, 9.17) is 0 Å². The Labute approximate surface area is 126 Å². The number of benzene rings is 2. The fourth-order valence-corrected chi connectivity index (χ4v) is 3.31. The fourth-order valence-electron chi connectivity index (χ4n) is 3.31. The van der Waals surface area contributed by atoms with Gasteiger partial charge < -0.3 is 4.90 Å². The van der Waals surface area contributed by atoms with Gasteiger partial charge in [-0.15, -0.1) is 0 Å². The van der Waals surface area contributed by atoms with E-state index in [9.17, 15) is 4.79 Å². The van der Waals surface area contributed by atoms with Crippen LogP contribution in [0.5, 0.6) is 0 Å². The predicted molar refractivity (Wildman–Crippen MR) is 86.6 cm³/mol. The molecule has 0 N–H and O–H groups in total. The molecule has 0 fully saturated rings. The van der Waals surface area contributed by atoms with Gasteiger partial charge in [0.1, 0.15) is 0 Å². The topological polar surface area (TPSA) is 20.3 Å². The van der Waals surface area contributed by atoms with E-state index >= 15 is 0 Å². The number of anilines is 1. The van der Waals surface area contributed by atoms with Crippen LogP contribution in [-0.2, 0) is 11.2 Å². The lowest BCUT2D eigenvalue weighted by Crippen LogP contribution is -2.39. The smallest absolute Gasteiger partial charge is 0.234 e. The zero-order chi connectivity index (χ0) is 14.8. The maximum absolute atomic E-state index is 13.1. The summed E-state index contributed by atoms with van der Waals surface area (Å²) in [6.07, 6.45) is 1.78. The van der Waals surface area contributed by atoms with Crippen molar-refractivity contribution in [1.82, 2.24) is 0 Å². The van der Waals surface area contributed by atoms with E-state index in [1.54, 1.807) is 0 Å². The maximum atomic E-state index is 13.1. The second-order valence-electron chi connectivity index (χ2n) is 5.76. The lowest BCUT2D eigenvalue weighted by atomic mass is 9.94. The lowest BCUT2D eigenvalue weighted by Gasteiger charge is -2.27. The molecular formula is C19H21NO. The van der Waals surface area contributed by atoms with Crippen LogP contribution in [0.1, 0.15) is 37.3 Å². The number of amides is 1. The van der Waals surface area contributed by atoms with E-state index in [1.165, 1.54) is 5.56 Å². The standard InChI is InChI=1S/C19H21NO/c1-3-17(15-9-5-4-6-10-15)19(21)20-14(2)13-16-11-7-8-12-18(16)20/h4-12,14,17H,3,13H2,1-2H3. The second kappa shape index (κ2) is 5.72. The van der Waals surface area contributed by atoms with Crippen molar-refractivity contribution in [2.75, 3.05) is 4.90 Å². The van der Waals surface area contributed by atoms with Crippen molar-refractivity contribution < 1.29 is 4.79 Å². The molecule has 1 heterocycles. The van der Waals surface area contributed by atoms with Crippen LogP contribution in [0, 0.1) is 0 Å². The van der Waals surface area contributed by atoms with E-state index in [-0.39, 0.29) is 17.9 Å². The molecule has 21 heavy (non-hydrogen) atoms. The van der Waals surface area contributed by atoms with E-state index in [2.05, 4.69) is 38.1 Å². The highest BCUT2D eigenvalue weighted by Gasteiger charge is 2.34. The molecule has 0 bridgehead atoms. The first-order valence-corrected chi connectivity index (χ1v) is 7.68. The van der Waals surface area contributed by atoms with E-state index in [0.29, 0.717) is 0 Å². The number of para-hydroxylation sites is 1. The lowest BCUT2D eigenvalue weighted by molar-refractivity contribution is -0.120. The first-order valence-electron chi connectivity index (χ1n) is 7.68. The molecule has 0 radical (unpaired) electrons. The molecule has 0 aromatic heterocycles. The SMILES string of the molecule is CCC(C(=O)N1c2ccccc2CC1C)c1ccccc1. The number of carbonyl (C=O) groups is 1. The van der Waals surface area contributed by atoms with Gasteiger partial charge in [-0.1, -0.05) is 55.5 Å². The van der Waals surface area contributed by atoms with Crippen molar-refractivity contribution in [3.63, 3.8) is 0 Å². The van der Waals surface area contributed by atoms with Gasteiger partial charge >= 0.3 is 0 Å². The number of carbonyl (C=O) groups excluding carboxylic acids is 1. The van der Waals surface area contributed by atoms with E-state index < -0.39 is 0 Å². The highest BCUT2D eigenvalue weighted by Crippen LogP contribution is 2.35. The molecule has 0 saturated heterocycles. The summed E-state index contributed by atoms with van der Waals surface area (Å²) in [7, 11) is 0. The van der Waals surface area contributed by atoms with Crippen LogP contribution in [-0.4, -0.2) is 11.9 Å². The van der Waals surface area contributed by atoms with Crippen molar-refractivity contribution in [2.45, 2.75) is 38.6 Å². The second-order valence-corrected chi connectivity index (χ2v) is 5.76. The van der Waals surface area contributed by atoms with Crippen LogP contribution < -0.4 is 4.90 Å². The van der Waals surface area contributed by atoms with Gasteiger partial charge in [-0.2, -0.15) is 0 Å². The quantitative estimate of drug-likeness (QED) is 0.826. The zero-order valence-corrected chi connectivity index (χ0v) is 12.6. The number of hydrogen-bond acceptors (Lipinski definition) is 1. The molecule has 0 saturated carbocycles. The summed E-state index contributed by atoms with van der Waals surface area (Å²) >= 11 is 0. The summed E-state index contributed by atoms with van der Waals surface area (Å²) in [5.74, 6) is 0.168. The molecule has 108 valence electrons. The van der Waals surface area contributed by atoms with Crippen molar-refractivity contribution in [1.29, 1.82) is 0 Å². The molecule has 3 rings (SSSR count). The van der Waals surface area contributed by atoms with Crippen LogP contribution in [0.25, 0.3) is 0 Å². The van der Waals surface area contributed by atoms with Gasteiger partial charge in [0.2, 0.25) is 5.91 Å². The molecule has 1 aliphatic heterocycles. The number of hydrogen-bond donors (Lipinski definition) is 0. The van der Waals surface area contributed by atoms with Crippen molar-refractivity contribution in [3.05, 3.63) is 65.7 Å². The Kier molecular flexibility index (Phi) is 3.78. The van der Waals surface area contributed by atoms with Crippen LogP contribution in [0.2, 0.25) is 0 Å². The minimum Gasteiger partial charge on any atom is -0.309 e. The first-order chi connectivity index (χ1) is 10.2. The summed E-state index contributed by atoms with van der Waals surface area (Å²) in [4.78, 5) is 15.1. The summed E-state index contributed by atoms with van der Waals surface area (Å²) in [6.45, 7) is 4.22. The van der Waals surface area contributed by atoms with Gasteiger partial charge in [-0.05, 0) is 37.0 Å². The Bertz CT molecular complexity index is 635. The summed E-state index contributed by atoms with van der Waals surface area (Å²) in [6, 6.07) is 18.6. The molecule has 2 aromatic carbocycles. The largest absolute Gasteiger partial charge is 0.309 e. The van der Waals surface area contributed by atoms with Crippen molar-refractivity contribution >= 4 is 11.6 Å². The Balaban J connectivity index is 1.94. The maximum Gasteiger partial charge on any atom is 0.234 e. The van der Waals surface area contributed by atoms with Crippen LogP contribution in [0.15, 0.2) is 54.6 Å². The molecule has 0 aliphatic carbocycles. The Morgan fingerprint density at radius 3 is 2.52 bits per heavy atom. The van der Waals surface area contributed by atoms with E-state index in [0.717, 1.165) is 24.1 Å². The van der Waals surface area contributed by atoms with Gasteiger partial charge in [0.25, 0.3) is 0 Å². The first kappa shape index (κ1) is 13.9. The minimum absolute atomic E-state index is 0.0557. The minimum atomic E-state index is -0.0557. The van der Waals surface area contributed by atoms with Gasteiger partial charge in [0, 0.05) is 11.7 Å². The molecule has 0 spiro atoms. The zero-order valence-electron chi connectivity index (χ0n) is 12.6. The Hall–Kier alpha value is -2.09. The van der Waals surface area contributed by atoms with Gasteiger partial charge in [0.05, 0.1) is 5.92 Å². The monoisotopic (exact) mass is 279 g/mol. The molecule has 2 atom stereocenters. The Morgan fingerprint density at radius 2 is 1.81 bits per heavy atom. The highest BCUT2D eigenvalue weighted by molar-refractivity contribution is 6.00. The summed E-state index contributed by atoms with van der Waals surface area (Å²) < 4.78 is 0. The molecule has 2 nitrogen and oxygen atoms in total. The third-order valence-corrected chi connectivity index (χ3v) is 4.35. The van der Waals surface area contributed by atoms with Crippen molar-refractivity contribution in [2.24, 2.45) is 0 Å². The molecule has 1 aliphatic rings. The molecule has 2 unspecified atom stereocenters. The van der Waals surface area contributed by atoms with Gasteiger partial charge in [0.15, 0.2) is 0 Å². The average molecular weight is 279 g/mol. The number of nitrogens with zero attached hydrogens (tertiary/aromatic N) is 1. The normalized spacial score (nSPS) is 18.4. The fraction of sp³-hybridized carbons (Fsp3) is 0.316. The average Bonchev–Trinajstić information content (AvgIpc) is 2.84. The van der Waals surface area contributed by atoms with Gasteiger partial charge in [-0.25, -0.2) is 0 Å². The molecule has 1 amide bonds.